The molecule has 0 amide bonds. The van der Waals surface area contributed by atoms with E-state index >= 15 is 0 Å². The van der Waals surface area contributed by atoms with Gasteiger partial charge in [-0.1, -0.05) is 23.7 Å². The molecule has 0 radical (unpaired) electrons. The summed E-state index contributed by atoms with van der Waals surface area (Å²) < 4.78 is 46.8. The van der Waals surface area contributed by atoms with E-state index in [1.165, 1.54) is 36.4 Å². The Morgan fingerprint density at radius 1 is 0.966 bits per heavy atom. The Labute approximate surface area is 167 Å². The van der Waals surface area contributed by atoms with Gasteiger partial charge in [-0.2, -0.15) is 0 Å². The molecule has 1 aromatic heterocycles. The number of fused-ring (bicyclic) bond motifs is 2. The van der Waals surface area contributed by atoms with Crippen LogP contribution in [0.2, 0.25) is 5.02 Å². The smallest absolute Gasteiger partial charge is 0.264 e. The first kappa shape index (κ1) is 19.0. The van der Waals surface area contributed by atoms with Gasteiger partial charge in [-0.25, -0.2) is 12.8 Å². The molecule has 0 atom stereocenters. The highest BCUT2D eigenvalue weighted by atomic mass is 35.5. The van der Waals surface area contributed by atoms with Crippen LogP contribution in [0.1, 0.15) is 0 Å². The van der Waals surface area contributed by atoms with Crippen LogP contribution in [0.25, 0.3) is 21.9 Å². The van der Waals surface area contributed by atoms with Crippen LogP contribution in [-0.2, 0) is 10.0 Å². The van der Waals surface area contributed by atoms with Gasteiger partial charge in [0.2, 0.25) is 5.43 Å². The molecule has 0 saturated carbocycles. The molecule has 0 spiro atoms. The highest BCUT2D eigenvalue weighted by molar-refractivity contribution is 7.92. The fraction of sp³-hybridized carbons (Fsp3) is 0. The van der Waals surface area contributed by atoms with Crippen molar-refractivity contribution >= 4 is 49.3 Å². The van der Waals surface area contributed by atoms with Crippen LogP contribution in [0.4, 0.5) is 10.1 Å². The highest BCUT2D eigenvalue weighted by Gasteiger charge is 2.22. The second-order valence-corrected chi connectivity index (χ2v) is 8.17. The number of anilines is 1. The first-order valence-electron chi connectivity index (χ1n) is 8.07. The second kappa shape index (κ2) is 6.64. The Balaban J connectivity index is 1.89. The molecule has 0 aliphatic carbocycles. The minimum atomic E-state index is -4.39. The maximum absolute atomic E-state index is 14.1. The molecule has 3 aromatic carbocycles. The average Bonchev–Trinajstić information content (AvgIpc) is 2.63. The molecule has 10 heteroatoms. The fourth-order valence-electron chi connectivity index (χ4n) is 2.95. The summed E-state index contributed by atoms with van der Waals surface area (Å²) in [6.07, 6.45) is 0. The lowest BCUT2D eigenvalue weighted by molar-refractivity contribution is 0.478. The molecule has 0 aliphatic heterocycles. The molecule has 148 valence electrons. The molecule has 0 fully saturated rings. The number of rotatable bonds is 3. The van der Waals surface area contributed by atoms with Gasteiger partial charge in [0.1, 0.15) is 38.3 Å². The molecule has 4 rings (SSSR count). The van der Waals surface area contributed by atoms with Gasteiger partial charge in [0.05, 0.1) is 10.7 Å². The van der Waals surface area contributed by atoms with Gasteiger partial charge in [-0.3, -0.25) is 9.52 Å². The molecule has 0 aliphatic rings. The summed E-state index contributed by atoms with van der Waals surface area (Å²) in [4.78, 5) is 12.0. The number of sulfonamides is 1. The van der Waals surface area contributed by atoms with Crippen molar-refractivity contribution in [3.05, 3.63) is 69.6 Å². The van der Waals surface area contributed by atoms with Gasteiger partial charge in [0, 0.05) is 12.1 Å². The summed E-state index contributed by atoms with van der Waals surface area (Å²) in [6.45, 7) is 0. The minimum Gasteiger partial charge on any atom is -0.507 e. The molecule has 0 unspecified atom stereocenters. The van der Waals surface area contributed by atoms with Crippen LogP contribution in [0.3, 0.4) is 0 Å². The molecule has 7 nitrogen and oxygen atoms in total. The molecular weight excluding hydrogens is 425 g/mol. The first-order valence-corrected chi connectivity index (χ1v) is 9.93. The van der Waals surface area contributed by atoms with Gasteiger partial charge < -0.3 is 14.6 Å². The van der Waals surface area contributed by atoms with Crippen molar-refractivity contribution in [3.63, 3.8) is 0 Å². The molecule has 4 aromatic rings. The van der Waals surface area contributed by atoms with E-state index in [0.29, 0.717) is 0 Å². The van der Waals surface area contributed by atoms with E-state index in [2.05, 4.69) is 4.72 Å². The Bertz CT molecular complexity index is 1470. The van der Waals surface area contributed by atoms with Gasteiger partial charge in [0.15, 0.2) is 5.82 Å². The highest BCUT2D eigenvalue weighted by Crippen LogP contribution is 2.33. The van der Waals surface area contributed by atoms with Gasteiger partial charge >= 0.3 is 0 Å². The van der Waals surface area contributed by atoms with E-state index in [4.69, 9.17) is 16.0 Å². The SMILES string of the molecule is O=c1c2c(O)cccc2oc2cc(NS(=O)(=O)c3cccc(Cl)c3F)cc(O)c12. The van der Waals surface area contributed by atoms with Crippen molar-refractivity contribution in [3.8, 4) is 11.5 Å². The molecule has 0 saturated heterocycles. The zero-order valence-electron chi connectivity index (χ0n) is 14.3. The predicted octanol–water partition coefficient (Wildman–Crippen LogP) is 3.95. The van der Waals surface area contributed by atoms with Crippen LogP contribution in [0, 0.1) is 5.82 Å². The summed E-state index contributed by atoms with van der Waals surface area (Å²) >= 11 is 5.63. The van der Waals surface area contributed by atoms with Gasteiger partial charge in [-0.15, -0.1) is 0 Å². The third-order valence-electron chi connectivity index (χ3n) is 4.22. The topological polar surface area (TPSA) is 117 Å². The van der Waals surface area contributed by atoms with Crippen LogP contribution < -0.4 is 10.2 Å². The van der Waals surface area contributed by atoms with Gasteiger partial charge in [0.25, 0.3) is 10.0 Å². The Kier molecular flexibility index (Phi) is 4.36. The Morgan fingerprint density at radius 3 is 2.41 bits per heavy atom. The number of benzene rings is 3. The molecule has 1 heterocycles. The van der Waals surface area contributed by atoms with Crippen molar-refractivity contribution in [2.45, 2.75) is 4.90 Å². The number of phenols is 2. The van der Waals surface area contributed by atoms with Gasteiger partial charge in [-0.05, 0) is 24.3 Å². The second-order valence-electron chi connectivity index (χ2n) is 6.11. The molecular formula is C19H11ClFNO6S. The summed E-state index contributed by atoms with van der Waals surface area (Å²) in [5, 5.41) is 19.5. The Morgan fingerprint density at radius 2 is 1.66 bits per heavy atom. The molecule has 3 N–H and O–H groups in total. The minimum absolute atomic E-state index is 0.0443. The number of nitrogens with one attached hydrogen (secondary N) is 1. The van der Waals surface area contributed by atoms with E-state index in [1.54, 1.807) is 0 Å². The molecule has 0 bridgehead atoms. The third kappa shape index (κ3) is 3.14. The summed E-state index contributed by atoms with van der Waals surface area (Å²) in [6, 6.07) is 9.84. The summed E-state index contributed by atoms with van der Waals surface area (Å²) in [5.41, 5.74) is -0.940. The van der Waals surface area contributed by atoms with Crippen LogP contribution in [-0.4, -0.2) is 18.6 Å². The number of aromatic hydroxyl groups is 2. The van der Waals surface area contributed by atoms with Crippen molar-refractivity contribution in [2.75, 3.05) is 4.72 Å². The normalized spacial score (nSPS) is 11.8. The lowest BCUT2D eigenvalue weighted by atomic mass is 10.1. The zero-order chi connectivity index (χ0) is 20.9. The zero-order valence-corrected chi connectivity index (χ0v) is 15.9. The van der Waals surface area contributed by atoms with E-state index in [0.717, 1.165) is 12.1 Å². The van der Waals surface area contributed by atoms with Crippen molar-refractivity contribution in [2.24, 2.45) is 0 Å². The van der Waals surface area contributed by atoms with Crippen LogP contribution in [0.5, 0.6) is 11.5 Å². The van der Waals surface area contributed by atoms with E-state index in [-0.39, 0.29) is 38.4 Å². The van der Waals surface area contributed by atoms with Crippen LogP contribution in [0.15, 0.2) is 62.6 Å². The lowest BCUT2D eigenvalue weighted by Crippen LogP contribution is -2.15. The van der Waals surface area contributed by atoms with E-state index < -0.39 is 31.9 Å². The van der Waals surface area contributed by atoms with E-state index in [1.807, 2.05) is 0 Å². The summed E-state index contributed by atoms with van der Waals surface area (Å²) in [7, 11) is -4.39. The quantitative estimate of drug-likeness (QED) is 0.419. The fourth-order valence-corrected chi connectivity index (χ4v) is 4.32. The maximum Gasteiger partial charge on any atom is 0.264 e. The monoisotopic (exact) mass is 435 g/mol. The van der Waals surface area contributed by atoms with Crippen molar-refractivity contribution < 1.29 is 27.4 Å². The predicted molar refractivity (Wildman–Crippen MR) is 106 cm³/mol. The number of halogens is 2. The largest absolute Gasteiger partial charge is 0.507 e. The number of hydrogen-bond acceptors (Lipinski definition) is 6. The Hall–Kier alpha value is -3.30. The lowest BCUT2D eigenvalue weighted by Gasteiger charge is -2.11. The third-order valence-corrected chi connectivity index (χ3v) is 5.91. The maximum atomic E-state index is 14.1. The number of phenolic OH excluding ortho intramolecular Hbond substituents is 2. The standard InChI is InChI=1S/C19H11ClFNO6S/c20-10-3-1-6-15(18(10)21)29(26,27)22-9-7-12(24)17-14(8-9)28-13-5-2-4-11(23)16(13)19(17)25/h1-8,22-24H. The number of hydrogen-bond donors (Lipinski definition) is 3. The average molecular weight is 436 g/mol. The van der Waals surface area contributed by atoms with E-state index in [9.17, 15) is 27.8 Å². The summed E-state index contributed by atoms with van der Waals surface area (Å²) in [5.74, 6) is -2.02. The van der Waals surface area contributed by atoms with Crippen molar-refractivity contribution in [1.82, 2.24) is 0 Å². The van der Waals surface area contributed by atoms with Crippen molar-refractivity contribution in [1.29, 1.82) is 0 Å². The van der Waals surface area contributed by atoms with Crippen LogP contribution >= 0.6 is 11.6 Å². The molecule has 29 heavy (non-hydrogen) atoms. The first-order chi connectivity index (χ1) is 13.7.